The fourth-order valence-electron chi connectivity index (χ4n) is 3.24. The van der Waals surface area contributed by atoms with Crippen LogP contribution >= 0.6 is 7.82 Å². The van der Waals surface area contributed by atoms with Gasteiger partial charge in [0.1, 0.15) is 11.5 Å². The first-order valence-electron chi connectivity index (χ1n) is 10.4. The first kappa shape index (κ1) is 28.1. The molecule has 0 aliphatic carbocycles. The highest BCUT2D eigenvalue weighted by Gasteiger charge is 2.35. The summed E-state index contributed by atoms with van der Waals surface area (Å²) in [5.41, 5.74) is 4.60. The first-order chi connectivity index (χ1) is 15.9. The van der Waals surface area contributed by atoms with Gasteiger partial charge in [-0.05, 0) is 55.0 Å². The molecule has 12 heteroatoms. The number of rotatable bonds is 13. The summed E-state index contributed by atoms with van der Waals surface area (Å²) in [6.45, 7) is -1.27. The normalized spacial score (nSPS) is 14.0. The number of aliphatic hydroxyl groups is 1. The summed E-state index contributed by atoms with van der Waals surface area (Å²) < 4.78 is 66.8. The average Bonchev–Trinajstić information content (AvgIpc) is 2.78. The van der Waals surface area contributed by atoms with Gasteiger partial charge in [-0.1, -0.05) is 24.3 Å². The SMILES string of the molecule is COc1ccccc1CCCOc1ccc(CCC(N)(CO)COP(=O)(O)O)cc1C(F)(F)F. The summed E-state index contributed by atoms with van der Waals surface area (Å²) >= 11 is 0. The molecule has 2 rings (SSSR count). The highest BCUT2D eigenvalue weighted by molar-refractivity contribution is 7.46. The zero-order chi connectivity index (χ0) is 25.4. The van der Waals surface area contributed by atoms with Crippen molar-refractivity contribution in [3.8, 4) is 11.5 Å². The van der Waals surface area contributed by atoms with Crippen LogP contribution in [-0.2, 0) is 28.1 Å². The van der Waals surface area contributed by atoms with Crippen molar-refractivity contribution in [1.82, 2.24) is 0 Å². The molecule has 2 aromatic rings. The van der Waals surface area contributed by atoms with E-state index in [2.05, 4.69) is 4.52 Å². The topological polar surface area (TPSA) is 131 Å². The lowest BCUT2D eigenvalue weighted by atomic mass is 9.93. The van der Waals surface area contributed by atoms with Crippen LogP contribution in [0.1, 0.15) is 29.5 Å². The molecule has 0 saturated heterocycles. The van der Waals surface area contributed by atoms with Crippen LogP contribution in [0.25, 0.3) is 0 Å². The van der Waals surface area contributed by atoms with E-state index in [0.29, 0.717) is 18.6 Å². The second kappa shape index (κ2) is 12.0. The summed E-state index contributed by atoms with van der Waals surface area (Å²) in [6, 6.07) is 11.0. The van der Waals surface area contributed by atoms with Gasteiger partial charge in [0, 0.05) is 0 Å². The first-order valence-corrected chi connectivity index (χ1v) is 11.9. The average molecular weight is 507 g/mol. The molecule has 34 heavy (non-hydrogen) atoms. The number of hydrogen-bond donors (Lipinski definition) is 4. The second-order valence-corrected chi connectivity index (χ2v) is 9.12. The molecule has 190 valence electrons. The number of aryl methyl sites for hydroxylation is 2. The summed E-state index contributed by atoms with van der Waals surface area (Å²) in [6.07, 6.45) is -3.67. The number of ether oxygens (including phenoxy) is 2. The van der Waals surface area contributed by atoms with E-state index in [4.69, 9.17) is 25.0 Å². The van der Waals surface area contributed by atoms with Gasteiger partial charge in [-0.25, -0.2) is 4.57 Å². The van der Waals surface area contributed by atoms with E-state index >= 15 is 0 Å². The van der Waals surface area contributed by atoms with Crippen LogP contribution in [0.5, 0.6) is 11.5 Å². The van der Waals surface area contributed by atoms with Crippen LogP contribution in [0.3, 0.4) is 0 Å². The number of para-hydroxylation sites is 1. The Balaban J connectivity index is 2.03. The lowest BCUT2D eigenvalue weighted by Gasteiger charge is -2.27. The smallest absolute Gasteiger partial charge is 0.469 e. The minimum absolute atomic E-state index is 0.0126. The van der Waals surface area contributed by atoms with Crippen LogP contribution in [0.2, 0.25) is 0 Å². The number of benzene rings is 2. The molecule has 0 aromatic heterocycles. The van der Waals surface area contributed by atoms with Crippen molar-refractivity contribution in [1.29, 1.82) is 0 Å². The number of nitrogens with two attached hydrogens (primary N) is 1. The molecule has 0 heterocycles. The highest BCUT2D eigenvalue weighted by atomic mass is 31.2. The standard InChI is InChI=1S/C22H29F3NO7P/c1-31-19-7-3-2-5-17(19)6-4-12-32-20-9-8-16(13-18(20)22(23,24)25)10-11-21(26,14-27)15-33-34(28,29)30/h2-3,5,7-9,13,27H,4,6,10-12,14-15,26H2,1H3,(H2,28,29,30). The molecule has 0 aliphatic heterocycles. The third-order valence-corrected chi connectivity index (χ3v) is 5.60. The van der Waals surface area contributed by atoms with E-state index in [1.807, 2.05) is 24.3 Å². The minimum atomic E-state index is -4.81. The van der Waals surface area contributed by atoms with E-state index in [-0.39, 0.29) is 30.8 Å². The summed E-state index contributed by atoms with van der Waals surface area (Å²) in [5, 5.41) is 9.46. The number of methoxy groups -OCH3 is 1. The van der Waals surface area contributed by atoms with E-state index in [9.17, 15) is 22.8 Å². The van der Waals surface area contributed by atoms with Gasteiger partial charge in [-0.15, -0.1) is 0 Å². The summed E-state index contributed by atoms with van der Waals surface area (Å²) in [4.78, 5) is 17.6. The quantitative estimate of drug-likeness (QED) is 0.240. The highest BCUT2D eigenvalue weighted by Crippen LogP contribution is 2.38. The van der Waals surface area contributed by atoms with E-state index < -0.39 is 38.3 Å². The van der Waals surface area contributed by atoms with Gasteiger partial charge < -0.3 is 30.1 Å². The van der Waals surface area contributed by atoms with Gasteiger partial charge in [0.15, 0.2) is 0 Å². The van der Waals surface area contributed by atoms with Crippen molar-refractivity contribution in [3.63, 3.8) is 0 Å². The van der Waals surface area contributed by atoms with Gasteiger partial charge in [0.25, 0.3) is 0 Å². The third-order valence-electron chi connectivity index (χ3n) is 5.14. The molecule has 0 aliphatic rings. The molecular formula is C22H29F3NO7P. The van der Waals surface area contributed by atoms with Crippen molar-refractivity contribution < 1.29 is 46.6 Å². The van der Waals surface area contributed by atoms with E-state index in [1.54, 1.807) is 7.11 Å². The van der Waals surface area contributed by atoms with Crippen molar-refractivity contribution in [2.45, 2.75) is 37.4 Å². The number of aliphatic hydroxyl groups excluding tert-OH is 1. The molecular weight excluding hydrogens is 478 g/mol. The maximum atomic E-state index is 13.6. The maximum Gasteiger partial charge on any atom is 0.469 e. The molecule has 2 aromatic carbocycles. The van der Waals surface area contributed by atoms with Gasteiger partial charge >= 0.3 is 14.0 Å². The lowest BCUT2D eigenvalue weighted by Crippen LogP contribution is -2.48. The van der Waals surface area contributed by atoms with Crippen molar-refractivity contribution in [2.24, 2.45) is 5.73 Å². The monoisotopic (exact) mass is 507 g/mol. The van der Waals surface area contributed by atoms with Crippen LogP contribution in [-0.4, -0.2) is 47.4 Å². The molecule has 5 N–H and O–H groups in total. The van der Waals surface area contributed by atoms with Crippen molar-refractivity contribution >= 4 is 7.82 Å². The van der Waals surface area contributed by atoms with E-state index in [0.717, 1.165) is 11.6 Å². The van der Waals surface area contributed by atoms with Gasteiger partial charge in [-0.2, -0.15) is 13.2 Å². The Hall–Kier alpha value is -2.14. The Morgan fingerprint density at radius 1 is 1.06 bits per heavy atom. The second-order valence-electron chi connectivity index (χ2n) is 7.88. The third kappa shape index (κ3) is 8.90. The van der Waals surface area contributed by atoms with Crippen LogP contribution < -0.4 is 15.2 Å². The fraction of sp³-hybridized carbons (Fsp3) is 0.455. The molecule has 1 unspecified atom stereocenters. The van der Waals surface area contributed by atoms with Crippen LogP contribution in [0, 0.1) is 0 Å². The molecule has 0 saturated carbocycles. The number of phosphoric acid groups is 1. The zero-order valence-corrected chi connectivity index (χ0v) is 19.5. The molecule has 0 radical (unpaired) electrons. The molecule has 1 atom stereocenters. The van der Waals surface area contributed by atoms with Gasteiger partial charge in [-0.3, -0.25) is 4.52 Å². The van der Waals surface area contributed by atoms with Crippen molar-refractivity contribution in [2.75, 3.05) is 26.9 Å². The Morgan fingerprint density at radius 2 is 1.76 bits per heavy atom. The summed E-state index contributed by atoms with van der Waals surface area (Å²) in [5.74, 6) is 0.398. The van der Waals surface area contributed by atoms with Gasteiger partial charge in [0.2, 0.25) is 0 Å². The maximum absolute atomic E-state index is 13.6. The number of phosphoric ester groups is 1. The molecule has 0 fully saturated rings. The van der Waals surface area contributed by atoms with Crippen LogP contribution in [0.4, 0.5) is 13.2 Å². The zero-order valence-electron chi connectivity index (χ0n) is 18.6. The van der Waals surface area contributed by atoms with E-state index in [1.165, 1.54) is 12.1 Å². The molecule has 0 bridgehead atoms. The Labute approximate surface area is 195 Å². The Bertz CT molecular complexity index is 983. The lowest BCUT2D eigenvalue weighted by molar-refractivity contribution is -0.139. The minimum Gasteiger partial charge on any atom is -0.496 e. The largest absolute Gasteiger partial charge is 0.496 e. The fourth-order valence-corrected chi connectivity index (χ4v) is 3.66. The number of alkyl halides is 3. The molecule has 0 spiro atoms. The molecule has 0 amide bonds. The molecule has 8 nitrogen and oxygen atoms in total. The Morgan fingerprint density at radius 3 is 2.38 bits per heavy atom. The number of halogens is 3. The van der Waals surface area contributed by atoms with Crippen LogP contribution in [0.15, 0.2) is 42.5 Å². The summed E-state index contributed by atoms with van der Waals surface area (Å²) in [7, 11) is -3.26. The van der Waals surface area contributed by atoms with Gasteiger partial charge in [0.05, 0.1) is 38.0 Å². The number of hydrogen-bond acceptors (Lipinski definition) is 6. The Kier molecular flexibility index (Phi) is 9.93. The predicted octanol–water partition coefficient (Wildman–Crippen LogP) is 3.46. The predicted molar refractivity (Wildman–Crippen MR) is 119 cm³/mol. The van der Waals surface area contributed by atoms with Crippen molar-refractivity contribution in [3.05, 3.63) is 59.2 Å².